The smallest absolute Gasteiger partial charge is 0.227 e. The highest BCUT2D eigenvalue weighted by Gasteiger charge is 2.33. The van der Waals surface area contributed by atoms with Gasteiger partial charge in [0.05, 0.1) is 6.61 Å². The Morgan fingerprint density at radius 2 is 2.31 bits per heavy atom. The number of rotatable bonds is 5. The SMILES string of the molecule is CC(CN)C(=O)N(CCO)C1CC1. The summed E-state index contributed by atoms with van der Waals surface area (Å²) in [7, 11) is 0. The molecule has 0 saturated heterocycles. The molecule has 1 aliphatic carbocycles. The third kappa shape index (κ3) is 2.67. The van der Waals surface area contributed by atoms with Crippen molar-refractivity contribution in [3.8, 4) is 0 Å². The number of hydrogen-bond acceptors (Lipinski definition) is 3. The van der Waals surface area contributed by atoms with Gasteiger partial charge < -0.3 is 15.7 Å². The second kappa shape index (κ2) is 4.58. The Labute approximate surface area is 78.7 Å². The van der Waals surface area contributed by atoms with E-state index in [0.29, 0.717) is 19.1 Å². The molecule has 0 aliphatic heterocycles. The van der Waals surface area contributed by atoms with Crippen LogP contribution in [-0.4, -0.2) is 41.7 Å². The maximum atomic E-state index is 11.7. The van der Waals surface area contributed by atoms with Gasteiger partial charge in [0.2, 0.25) is 5.91 Å². The van der Waals surface area contributed by atoms with Crippen LogP contribution in [-0.2, 0) is 4.79 Å². The van der Waals surface area contributed by atoms with Crippen LogP contribution in [0.1, 0.15) is 19.8 Å². The molecule has 0 spiro atoms. The second-order valence-electron chi connectivity index (χ2n) is 3.62. The maximum Gasteiger partial charge on any atom is 0.227 e. The summed E-state index contributed by atoms with van der Waals surface area (Å²) in [6.45, 7) is 2.70. The third-order valence-electron chi connectivity index (χ3n) is 2.39. The van der Waals surface area contributed by atoms with E-state index in [1.807, 2.05) is 6.92 Å². The number of carbonyl (C=O) groups is 1. The Morgan fingerprint density at radius 3 is 2.69 bits per heavy atom. The minimum absolute atomic E-state index is 0.0412. The highest BCUT2D eigenvalue weighted by Crippen LogP contribution is 2.27. The molecule has 1 rings (SSSR count). The predicted molar refractivity (Wildman–Crippen MR) is 50.0 cm³/mol. The lowest BCUT2D eigenvalue weighted by Gasteiger charge is -2.24. The van der Waals surface area contributed by atoms with E-state index in [1.165, 1.54) is 0 Å². The predicted octanol–water partition coefficient (Wildman–Crippen LogP) is -0.435. The summed E-state index contributed by atoms with van der Waals surface area (Å²) in [6, 6.07) is 0.369. The fourth-order valence-corrected chi connectivity index (χ4v) is 1.35. The van der Waals surface area contributed by atoms with Crippen molar-refractivity contribution in [3.63, 3.8) is 0 Å². The summed E-state index contributed by atoms with van der Waals surface area (Å²) < 4.78 is 0. The number of amides is 1. The molecular weight excluding hydrogens is 168 g/mol. The molecule has 0 aromatic heterocycles. The average Bonchev–Trinajstić information content (AvgIpc) is 2.95. The molecule has 1 saturated carbocycles. The summed E-state index contributed by atoms with van der Waals surface area (Å²) in [5, 5.41) is 8.79. The minimum Gasteiger partial charge on any atom is -0.395 e. The lowest BCUT2D eigenvalue weighted by Crippen LogP contribution is -2.41. The van der Waals surface area contributed by atoms with Crippen LogP contribution in [0.25, 0.3) is 0 Å². The number of nitrogens with zero attached hydrogens (tertiary/aromatic N) is 1. The quantitative estimate of drug-likeness (QED) is 0.612. The van der Waals surface area contributed by atoms with Gasteiger partial charge in [0.15, 0.2) is 0 Å². The van der Waals surface area contributed by atoms with E-state index in [0.717, 1.165) is 12.8 Å². The van der Waals surface area contributed by atoms with E-state index >= 15 is 0 Å². The van der Waals surface area contributed by atoms with Gasteiger partial charge in [0, 0.05) is 25.0 Å². The highest BCUT2D eigenvalue weighted by atomic mass is 16.3. The Hall–Kier alpha value is -0.610. The number of aliphatic hydroxyl groups is 1. The van der Waals surface area contributed by atoms with E-state index in [9.17, 15) is 4.79 Å². The zero-order chi connectivity index (χ0) is 9.84. The summed E-state index contributed by atoms with van der Waals surface area (Å²) in [4.78, 5) is 13.4. The molecule has 4 heteroatoms. The van der Waals surface area contributed by atoms with Crippen LogP contribution >= 0.6 is 0 Å². The van der Waals surface area contributed by atoms with Crippen LogP contribution < -0.4 is 5.73 Å². The lowest BCUT2D eigenvalue weighted by atomic mass is 10.1. The van der Waals surface area contributed by atoms with E-state index in [2.05, 4.69) is 0 Å². The van der Waals surface area contributed by atoms with Crippen LogP contribution in [0.15, 0.2) is 0 Å². The number of aliphatic hydroxyl groups excluding tert-OH is 1. The van der Waals surface area contributed by atoms with Gasteiger partial charge in [-0.1, -0.05) is 6.92 Å². The van der Waals surface area contributed by atoms with Crippen LogP contribution in [0.3, 0.4) is 0 Å². The molecule has 1 amide bonds. The molecule has 13 heavy (non-hydrogen) atoms. The van der Waals surface area contributed by atoms with Crippen molar-refractivity contribution in [1.82, 2.24) is 4.90 Å². The van der Waals surface area contributed by atoms with Gasteiger partial charge in [-0.25, -0.2) is 0 Å². The summed E-state index contributed by atoms with van der Waals surface area (Å²) in [5.41, 5.74) is 5.42. The molecule has 76 valence electrons. The highest BCUT2D eigenvalue weighted by molar-refractivity contribution is 5.79. The standard InChI is InChI=1S/C9H18N2O2/c1-7(6-10)9(13)11(4-5-12)8-2-3-8/h7-8,12H,2-6,10H2,1H3. The van der Waals surface area contributed by atoms with Crippen LogP contribution in [0.4, 0.5) is 0 Å². The Bertz CT molecular complexity index is 180. The first-order valence-corrected chi connectivity index (χ1v) is 4.82. The molecule has 0 radical (unpaired) electrons. The van der Waals surface area contributed by atoms with Gasteiger partial charge in [-0.2, -0.15) is 0 Å². The molecular formula is C9H18N2O2. The largest absolute Gasteiger partial charge is 0.395 e. The van der Waals surface area contributed by atoms with Crippen LogP contribution in [0, 0.1) is 5.92 Å². The molecule has 0 aromatic carbocycles. The van der Waals surface area contributed by atoms with Crippen molar-refractivity contribution >= 4 is 5.91 Å². The zero-order valence-corrected chi connectivity index (χ0v) is 8.07. The molecule has 0 aromatic rings. The molecule has 1 atom stereocenters. The Morgan fingerprint density at radius 1 is 1.69 bits per heavy atom. The number of hydrogen-bond donors (Lipinski definition) is 2. The second-order valence-corrected chi connectivity index (χ2v) is 3.62. The lowest BCUT2D eigenvalue weighted by molar-refractivity contribution is -0.135. The van der Waals surface area contributed by atoms with Crippen molar-refractivity contribution in [2.24, 2.45) is 11.7 Å². The Kier molecular flexibility index (Phi) is 3.69. The molecule has 0 bridgehead atoms. The summed E-state index contributed by atoms with van der Waals surface area (Å²) in [5.74, 6) is -0.0359. The van der Waals surface area contributed by atoms with Gasteiger partial charge in [0.25, 0.3) is 0 Å². The van der Waals surface area contributed by atoms with Crippen molar-refractivity contribution in [3.05, 3.63) is 0 Å². The van der Waals surface area contributed by atoms with Crippen LogP contribution in [0.5, 0.6) is 0 Å². The first-order valence-electron chi connectivity index (χ1n) is 4.82. The number of carbonyl (C=O) groups excluding carboxylic acids is 1. The van der Waals surface area contributed by atoms with E-state index in [-0.39, 0.29) is 18.4 Å². The molecule has 4 nitrogen and oxygen atoms in total. The maximum absolute atomic E-state index is 11.7. The van der Waals surface area contributed by atoms with E-state index in [1.54, 1.807) is 4.90 Å². The summed E-state index contributed by atoms with van der Waals surface area (Å²) >= 11 is 0. The molecule has 1 unspecified atom stereocenters. The molecule has 0 heterocycles. The topological polar surface area (TPSA) is 66.6 Å². The third-order valence-corrected chi connectivity index (χ3v) is 2.39. The van der Waals surface area contributed by atoms with Crippen molar-refractivity contribution in [2.75, 3.05) is 19.7 Å². The van der Waals surface area contributed by atoms with Gasteiger partial charge >= 0.3 is 0 Å². The van der Waals surface area contributed by atoms with Crippen molar-refractivity contribution < 1.29 is 9.90 Å². The molecule has 1 fully saturated rings. The normalized spacial score (nSPS) is 18.4. The first kappa shape index (κ1) is 10.5. The van der Waals surface area contributed by atoms with Gasteiger partial charge in [0.1, 0.15) is 0 Å². The average molecular weight is 186 g/mol. The van der Waals surface area contributed by atoms with Gasteiger partial charge in [-0.3, -0.25) is 4.79 Å². The molecule has 3 N–H and O–H groups in total. The van der Waals surface area contributed by atoms with E-state index < -0.39 is 0 Å². The monoisotopic (exact) mass is 186 g/mol. The summed E-state index contributed by atoms with van der Waals surface area (Å²) in [6.07, 6.45) is 2.14. The van der Waals surface area contributed by atoms with Gasteiger partial charge in [-0.15, -0.1) is 0 Å². The fourth-order valence-electron chi connectivity index (χ4n) is 1.35. The number of nitrogens with two attached hydrogens (primary N) is 1. The first-order chi connectivity index (χ1) is 6.20. The van der Waals surface area contributed by atoms with Crippen molar-refractivity contribution in [1.29, 1.82) is 0 Å². The minimum atomic E-state index is -0.118. The molecule has 1 aliphatic rings. The zero-order valence-electron chi connectivity index (χ0n) is 8.07. The van der Waals surface area contributed by atoms with Crippen LogP contribution in [0.2, 0.25) is 0 Å². The van der Waals surface area contributed by atoms with E-state index in [4.69, 9.17) is 10.8 Å². The van der Waals surface area contributed by atoms with Crippen molar-refractivity contribution in [2.45, 2.75) is 25.8 Å². The Balaban J connectivity index is 2.47. The fraction of sp³-hybridized carbons (Fsp3) is 0.889. The van der Waals surface area contributed by atoms with Gasteiger partial charge in [-0.05, 0) is 12.8 Å².